The number of nitrogens with one attached hydrogen (secondary N) is 2. The lowest BCUT2D eigenvalue weighted by Gasteiger charge is -2.05. The van der Waals surface area contributed by atoms with E-state index in [1.807, 2.05) is 0 Å². The molecule has 0 saturated heterocycles. The van der Waals surface area contributed by atoms with Gasteiger partial charge in [-0.3, -0.25) is 14.6 Å². The molecule has 98 valence electrons. The molecule has 0 fully saturated rings. The van der Waals surface area contributed by atoms with Gasteiger partial charge in [0, 0.05) is 6.54 Å². The first-order valence-corrected chi connectivity index (χ1v) is 4.82. The number of carbonyl (C=O) groups excluding carboxylic acids is 2. The number of aromatic nitrogens is 2. The SMILES string of the molecule is COC(=O)CCNC(=O)n1cc(F)c(=O)[nH]c1=O. The van der Waals surface area contributed by atoms with Crippen LogP contribution in [0, 0.1) is 5.82 Å². The first-order valence-electron chi connectivity index (χ1n) is 4.82. The predicted octanol–water partition coefficient (Wildman–Crippen LogP) is -1.20. The third kappa shape index (κ3) is 3.27. The third-order valence-electron chi connectivity index (χ3n) is 1.95. The highest BCUT2D eigenvalue weighted by Gasteiger charge is 2.10. The van der Waals surface area contributed by atoms with E-state index in [1.165, 1.54) is 7.11 Å². The number of ether oxygens (including phenoxy) is 1. The number of methoxy groups -OCH3 is 1. The molecule has 8 nitrogen and oxygen atoms in total. The Morgan fingerprint density at radius 3 is 2.78 bits per heavy atom. The van der Waals surface area contributed by atoms with Crippen LogP contribution in [0.5, 0.6) is 0 Å². The van der Waals surface area contributed by atoms with Gasteiger partial charge >= 0.3 is 17.7 Å². The Morgan fingerprint density at radius 2 is 2.17 bits per heavy atom. The lowest BCUT2D eigenvalue weighted by molar-refractivity contribution is -0.140. The maximum atomic E-state index is 12.9. The van der Waals surface area contributed by atoms with Crippen LogP contribution in [0.4, 0.5) is 9.18 Å². The lowest BCUT2D eigenvalue weighted by atomic mass is 10.4. The molecule has 0 aromatic carbocycles. The van der Waals surface area contributed by atoms with Crippen molar-refractivity contribution in [2.24, 2.45) is 0 Å². The highest BCUT2D eigenvalue weighted by molar-refractivity contribution is 5.77. The van der Waals surface area contributed by atoms with Gasteiger partial charge in [0.2, 0.25) is 5.82 Å². The summed E-state index contributed by atoms with van der Waals surface area (Å²) in [5, 5.41) is 2.19. The van der Waals surface area contributed by atoms with Gasteiger partial charge in [-0.15, -0.1) is 0 Å². The van der Waals surface area contributed by atoms with E-state index >= 15 is 0 Å². The Balaban J connectivity index is 2.74. The zero-order valence-corrected chi connectivity index (χ0v) is 9.36. The van der Waals surface area contributed by atoms with Crippen molar-refractivity contribution < 1.29 is 18.7 Å². The molecule has 0 aliphatic carbocycles. The van der Waals surface area contributed by atoms with Crippen molar-refractivity contribution in [1.29, 1.82) is 0 Å². The van der Waals surface area contributed by atoms with Crippen molar-refractivity contribution in [3.05, 3.63) is 32.9 Å². The Kier molecular flexibility index (Phi) is 4.35. The number of halogens is 1. The second-order valence-corrected chi connectivity index (χ2v) is 3.16. The Bertz CT molecular complexity index is 576. The molecular formula is C9H10FN3O5. The van der Waals surface area contributed by atoms with Crippen molar-refractivity contribution >= 4 is 12.0 Å². The summed E-state index contributed by atoms with van der Waals surface area (Å²) in [6.45, 7) is -0.0846. The van der Waals surface area contributed by atoms with Gasteiger partial charge in [-0.25, -0.2) is 14.2 Å². The zero-order chi connectivity index (χ0) is 13.7. The Hall–Kier alpha value is -2.45. The summed E-state index contributed by atoms with van der Waals surface area (Å²) >= 11 is 0. The number of hydrogen-bond acceptors (Lipinski definition) is 5. The van der Waals surface area contributed by atoms with Crippen LogP contribution in [0.1, 0.15) is 6.42 Å². The standard InChI is InChI=1S/C9H10FN3O5/c1-18-6(14)2-3-11-8(16)13-4-5(10)7(15)12-9(13)17/h4H,2-3H2,1H3,(H,11,16)(H,12,15,17). The minimum absolute atomic E-state index is 0.0846. The molecule has 0 bridgehead atoms. The van der Waals surface area contributed by atoms with Crippen molar-refractivity contribution in [2.75, 3.05) is 13.7 Å². The highest BCUT2D eigenvalue weighted by Crippen LogP contribution is 1.86. The summed E-state index contributed by atoms with van der Waals surface area (Å²) in [6.07, 6.45) is 0.372. The molecule has 1 rings (SSSR count). The Morgan fingerprint density at radius 1 is 1.50 bits per heavy atom. The third-order valence-corrected chi connectivity index (χ3v) is 1.95. The molecule has 0 unspecified atom stereocenters. The zero-order valence-electron chi connectivity index (χ0n) is 9.36. The monoisotopic (exact) mass is 259 g/mol. The minimum atomic E-state index is -1.27. The number of aromatic amines is 1. The smallest absolute Gasteiger partial charge is 0.336 e. The average Bonchev–Trinajstić information content (AvgIpc) is 2.33. The number of H-pyrrole nitrogens is 1. The highest BCUT2D eigenvalue weighted by atomic mass is 19.1. The summed E-state index contributed by atoms with van der Waals surface area (Å²) < 4.78 is 17.6. The normalized spacial score (nSPS) is 9.89. The van der Waals surface area contributed by atoms with Gasteiger partial charge in [-0.1, -0.05) is 0 Å². The summed E-state index contributed by atoms with van der Waals surface area (Å²) in [4.78, 5) is 45.7. The fraction of sp³-hybridized carbons (Fsp3) is 0.333. The summed E-state index contributed by atoms with van der Waals surface area (Å²) in [5.41, 5.74) is -2.28. The van der Waals surface area contributed by atoms with Crippen molar-refractivity contribution in [1.82, 2.24) is 14.9 Å². The molecule has 1 heterocycles. The molecular weight excluding hydrogens is 249 g/mol. The van der Waals surface area contributed by atoms with Crippen LogP contribution in [0.2, 0.25) is 0 Å². The molecule has 1 amide bonds. The first kappa shape index (κ1) is 13.6. The van der Waals surface area contributed by atoms with Crippen molar-refractivity contribution in [2.45, 2.75) is 6.42 Å². The summed E-state index contributed by atoms with van der Waals surface area (Å²) in [5.74, 6) is -1.81. The van der Waals surface area contributed by atoms with Crippen LogP contribution in [-0.4, -0.2) is 35.2 Å². The molecule has 18 heavy (non-hydrogen) atoms. The van der Waals surface area contributed by atoms with Crippen LogP contribution < -0.4 is 16.6 Å². The van der Waals surface area contributed by atoms with E-state index in [-0.39, 0.29) is 13.0 Å². The van der Waals surface area contributed by atoms with Crippen molar-refractivity contribution in [3.8, 4) is 0 Å². The van der Waals surface area contributed by atoms with E-state index in [2.05, 4.69) is 10.1 Å². The van der Waals surface area contributed by atoms with Gasteiger partial charge < -0.3 is 10.1 Å². The molecule has 0 saturated carbocycles. The second-order valence-electron chi connectivity index (χ2n) is 3.16. The van der Waals surface area contributed by atoms with E-state index in [0.29, 0.717) is 10.8 Å². The van der Waals surface area contributed by atoms with E-state index < -0.39 is 29.1 Å². The number of hydrogen-bond donors (Lipinski definition) is 2. The topological polar surface area (TPSA) is 110 Å². The van der Waals surface area contributed by atoms with Gasteiger partial charge in [0.15, 0.2) is 0 Å². The van der Waals surface area contributed by atoms with Gasteiger partial charge in [0.1, 0.15) is 0 Å². The number of nitrogens with zero attached hydrogens (tertiary/aromatic N) is 1. The van der Waals surface area contributed by atoms with Gasteiger partial charge in [0.05, 0.1) is 19.7 Å². The van der Waals surface area contributed by atoms with E-state index in [1.54, 1.807) is 4.98 Å². The number of rotatable bonds is 3. The quantitative estimate of drug-likeness (QED) is 0.662. The van der Waals surface area contributed by atoms with Crippen molar-refractivity contribution in [3.63, 3.8) is 0 Å². The Labute approximate surface area is 99.4 Å². The van der Waals surface area contributed by atoms with E-state index in [9.17, 15) is 23.6 Å². The predicted molar refractivity (Wildman–Crippen MR) is 56.7 cm³/mol. The fourth-order valence-electron chi connectivity index (χ4n) is 1.06. The molecule has 0 spiro atoms. The molecule has 0 atom stereocenters. The number of esters is 1. The number of carbonyl (C=O) groups is 2. The van der Waals surface area contributed by atoms with Crippen LogP contribution in [-0.2, 0) is 9.53 Å². The van der Waals surface area contributed by atoms with Crippen LogP contribution in [0.15, 0.2) is 15.8 Å². The molecule has 0 radical (unpaired) electrons. The van der Waals surface area contributed by atoms with Gasteiger partial charge in [-0.2, -0.15) is 4.39 Å². The minimum Gasteiger partial charge on any atom is -0.469 e. The second kappa shape index (κ2) is 5.75. The summed E-state index contributed by atoms with van der Waals surface area (Å²) in [7, 11) is 1.19. The average molecular weight is 259 g/mol. The maximum absolute atomic E-state index is 12.9. The van der Waals surface area contributed by atoms with Gasteiger partial charge in [-0.05, 0) is 0 Å². The van der Waals surface area contributed by atoms with E-state index in [4.69, 9.17) is 0 Å². The van der Waals surface area contributed by atoms with Crippen LogP contribution in [0.3, 0.4) is 0 Å². The molecule has 1 aromatic rings. The molecule has 1 aromatic heterocycles. The molecule has 9 heteroatoms. The lowest BCUT2D eigenvalue weighted by Crippen LogP contribution is -2.41. The first-order chi connectivity index (χ1) is 8.45. The fourth-order valence-corrected chi connectivity index (χ4v) is 1.06. The number of amides is 1. The van der Waals surface area contributed by atoms with Gasteiger partial charge in [0.25, 0.3) is 5.56 Å². The van der Waals surface area contributed by atoms with E-state index in [0.717, 1.165) is 0 Å². The summed E-state index contributed by atoms with van der Waals surface area (Å²) in [6, 6.07) is -0.959. The maximum Gasteiger partial charge on any atom is 0.336 e. The largest absolute Gasteiger partial charge is 0.469 e. The molecule has 0 aliphatic heterocycles. The molecule has 2 N–H and O–H groups in total. The van der Waals surface area contributed by atoms with Crippen LogP contribution >= 0.6 is 0 Å². The van der Waals surface area contributed by atoms with Crippen LogP contribution in [0.25, 0.3) is 0 Å². The molecule has 0 aliphatic rings.